The highest BCUT2D eigenvalue weighted by molar-refractivity contribution is 5.85. The first-order chi connectivity index (χ1) is 7.46. The van der Waals surface area contributed by atoms with E-state index in [4.69, 9.17) is 0 Å². The second kappa shape index (κ2) is 2.88. The maximum atomic E-state index is 11.9. The van der Waals surface area contributed by atoms with E-state index in [0.717, 1.165) is 32.1 Å². The molecule has 0 amide bonds. The zero-order chi connectivity index (χ0) is 11.6. The van der Waals surface area contributed by atoms with Crippen molar-refractivity contribution in [3.63, 3.8) is 0 Å². The second-order valence-electron chi connectivity index (χ2n) is 6.38. The number of rotatable bonds is 2. The predicted molar refractivity (Wildman–Crippen MR) is 57.9 cm³/mol. The third-order valence-electron chi connectivity index (χ3n) is 5.26. The minimum atomic E-state index is -0.660. The Hall–Kier alpha value is -0.860. The number of aliphatic carboxylic acids is 1. The molecule has 4 bridgehead atoms. The molecule has 3 nitrogen and oxygen atoms in total. The predicted octanol–water partition coefficient (Wildman–Crippen LogP) is 2.25. The Kier molecular flexibility index (Phi) is 1.85. The number of Topliss-reactive ketones (excluding diaryl/α,β-unsaturated/α-hetero) is 1. The van der Waals surface area contributed by atoms with Gasteiger partial charge >= 0.3 is 5.97 Å². The van der Waals surface area contributed by atoms with Crippen LogP contribution in [0.5, 0.6) is 0 Å². The summed E-state index contributed by atoms with van der Waals surface area (Å²) in [4.78, 5) is 23.4. The maximum absolute atomic E-state index is 11.9. The number of ketones is 1. The fraction of sp³-hybridized carbons (Fsp3) is 0.846. The van der Waals surface area contributed by atoms with E-state index in [9.17, 15) is 14.7 Å². The minimum Gasteiger partial charge on any atom is -0.481 e. The first-order valence-corrected chi connectivity index (χ1v) is 6.20. The van der Waals surface area contributed by atoms with Crippen LogP contribution in [0, 0.1) is 22.7 Å². The Morgan fingerprint density at radius 2 is 1.56 bits per heavy atom. The molecule has 0 aromatic carbocycles. The summed E-state index contributed by atoms with van der Waals surface area (Å²) < 4.78 is 0. The van der Waals surface area contributed by atoms with Crippen LogP contribution in [0.2, 0.25) is 0 Å². The van der Waals surface area contributed by atoms with Crippen molar-refractivity contribution < 1.29 is 14.7 Å². The minimum absolute atomic E-state index is 0.229. The van der Waals surface area contributed by atoms with Gasteiger partial charge < -0.3 is 5.11 Å². The molecule has 3 heteroatoms. The van der Waals surface area contributed by atoms with Gasteiger partial charge in [-0.05, 0) is 57.3 Å². The molecule has 4 saturated carbocycles. The first kappa shape index (κ1) is 10.3. The molecule has 4 fully saturated rings. The molecule has 4 rings (SSSR count). The Balaban J connectivity index is 2.03. The van der Waals surface area contributed by atoms with Crippen LogP contribution in [0.15, 0.2) is 0 Å². The lowest BCUT2D eigenvalue weighted by atomic mass is 9.43. The van der Waals surface area contributed by atoms with Crippen molar-refractivity contribution in [3.05, 3.63) is 0 Å². The topological polar surface area (TPSA) is 54.4 Å². The number of carbonyl (C=O) groups excluding carboxylic acids is 1. The summed E-state index contributed by atoms with van der Waals surface area (Å²) in [7, 11) is 0. The third-order valence-corrected chi connectivity index (χ3v) is 5.26. The smallest absolute Gasteiger partial charge is 0.309 e. The van der Waals surface area contributed by atoms with Crippen LogP contribution in [0.3, 0.4) is 0 Å². The Morgan fingerprint density at radius 1 is 1.06 bits per heavy atom. The Bertz CT molecular complexity index is 325. The third kappa shape index (κ3) is 1.14. The van der Waals surface area contributed by atoms with Crippen LogP contribution in [-0.4, -0.2) is 16.9 Å². The maximum Gasteiger partial charge on any atom is 0.309 e. The van der Waals surface area contributed by atoms with Gasteiger partial charge in [0, 0.05) is 5.41 Å². The zero-order valence-corrected chi connectivity index (χ0v) is 9.66. The molecule has 0 heterocycles. The summed E-state index contributed by atoms with van der Waals surface area (Å²) in [6.07, 6.45) is 5.30. The largest absolute Gasteiger partial charge is 0.481 e. The lowest BCUT2D eigenvalue weighted by Crippen LogP contribution is -2.57. The zero-order valence-electron chi connectivity index (χ0n) is 9.66. The summed E-state index contributed by atoms with van der Waals surface area (Å²) in [6, 6.07) is 0. The highest BCUT2D eigenvalue weighted by atomic mass is 16.4. The van der Waals surface area contributed by atoms with E-state index >= 15 is 0 Å². The molecule has 88 valence electrons. The van der Waals surface area contributed by atoms with Gasteiger partial charge in [0.2, 0.25) is 0 Å². The van der Waals surface area contributed by atoms with Crippen molar-refractivity contribution in [1.29, 1.82) is 0 Å². The van der Waals surface area contributed by atoms with Gasteiger partial charge in [0.05, 0.1) is 5.41 Å². The van der Waals surface area contributed by atoms with Gasteiger partial charge in [0.15, 0.2) is 0 Å². The molecule has 16 heavy (non-hydrogen) atoms. The van der Waals surface area contributed by atoms with Crippen molar-refractivity contribution in [1.82, 2.24) is 0 Å². The van der Waals surface area contributed by atoms with Crippen LogP contribution < -0.4 is 0 Å². The lowest BCUT2D eigenvalue weighted by Gasteiger charge is -2.59. The van der Waals surface area contributed by atoms with Crippen LogP contribution >= 0.6 is 0 Å². The standard InChI is InChI=1S/C13H18O3/c1-8(14)12-3-9-2-10(4-12)6-13(5-9,7-12)11(15)16/h9-10H,2-7H2,1H3,(H,15,16)/t9-,10-,12?,13?/m1/s1. The summed E-state index contributed by atoms with van der Waals surface area (Å²) in [6.45, 7) is 1.66. The van der Waals surface area contributed by atoms with Gasteiger partial charge in [0.25, 0.3) is 0 Å². The van der Waals surface area contributed by atoms with Gasteiger partial charge in [-0.3, -0.25) is 9.59 Å². The SMILES string of the molecule is CC(=O)C12C[C@H]3C[C@H](C1)CC(C(=O)O)(C3)C2. The Labute approximate surface area is 95.2 Å². The van der Waals surface area contributed by atoms with Crippen molar-refractivity contribution >= 4 is 11.8 Å². The average molecular weight is 222 g/mol. The number of carboxylic acid groups (broad SMARTS) is 1. The molecule has 4 aliphatic carbocycles. The summed E-state index contributed by atoms with van der Waals surface area (Å²) in [5, 5.41) is 9.46. The van der Waals surface area contributed by atoms with Crippen molar-refractivity contribution in [3.8, 4) is 0 Å². The summed E-state index contributed by atoms with van der Waals surface area (Å²) in [5.74, 6) is 0.543. The highest BCUT2D eigenvalue weighted by Gasteiger charge is 2.62. The molecule has 0 aromatic heterocycles. The van der Waals surface area contributed by atoms with Crippen molar-refractivity contribution in [2.45, 2.75) is 45.4 Å². The van der Waals surface area contributed by atoms with E-state index in [-0.39, 0.29) is 11.2 Å². The first-order valence-electron chi connectivity index (χ1n) is 6.20. The van der Waals surface area contributed by atoms with Crippen molar-refractivity contribution in [2.75, 3.05) is 0 Å². The molecule has 0 radical (unpaired) electrons. The van der Waals surface area contributed by atoms with Crippen LogP contribution in [0.25, 0.3) is 0 Å². The van der Waals surface area contributed by atoms with Crippen LogP contribution in [0.4, 0.5) is 0 Å². The molecular formula is C13H18O3. The summed E-state index contributed by atoms with van der Waals surface area (Å²) in [5.41, 5.74) is -0.835. The summed E-state index contributed by atoms with van der Waals surface area (Å²) >= 11 is 0. The highest BCUT2D eigenvalue weighted by Crippen LogP contribution is 2.65. The fourth-order valence-corrected chi connectivity index (χ4v) is 4.92. The monoisotopic (exact) mass is 222 g/mol. The van der Waals surface area contributed by atoms with Crippen LogP contribution in [0.1, 0.15) is 45.4 Å². The van der Waals surface area contributed by atoms with Gasteiger partial charge in [-0.25, -0.2) is 0 Å². The van der Waals surface area contributed by atoms with E-state index < -0.39 is 11.4 Å². The molecule has 0 aliphatic heterocycles. The fourth-order valence-electron chi connectivity index (χ4n) is 4.92. The molecule has 0 aromatic rings. The molecule has 0 unspecified atom stereocenters. The van der Waals surface area contributed by atoms with E-state index in [1.165, 1.54) is 0 Å². The number of hydrogen-bond acceptors (Lipinski definition) is 2. The van der Waals surface area contributed by atoms with Gasteiger partial charge in [-0.1, -0.05) is 0 Å². The van der Waals surface area contributed by atoms with E-state index in [2.05, 4.69) is 0 Å². The van der Waals surface area contributed by atoms with Gasteiger partial charge in [0.1, 0.15) is 5.78 Å². The molecule has 0 saturated heterocycles. The van der Waals surface area contributed by atoms with Gasteiger partial charge in [-0.2, -0.15) is 0 Å². The quantitative estimate of drug-likeness (QED) is 0.779. The van der Waals surface area contributed by atoms with Crippen molar-refractivity contribution in [2.24, 2.45) is 22.7 Å². The van der Waals surface area contributed by atoms with Gasteiger partial charge in [-0.15, -0.1) is 0 Å². The average Bonchev–Trinajstić information content (AvgIpc) is 2.14. The number of hydrogen-bond donors (Lipinski definition) is 1. The normalized spacial score (nSPS) is 49.3. The second-order valence-corrected chi connectivity index (χ2v) is 6.38. The van der Waals surface area contributed by atoms with E-state index in [1.54, 1.807) is 6.92 Å². The van der Waals surface area contributed by atoms with E-state index in [0.29, 0.717) is 18.3 Å². The molecule has 1 N–H and O–H groups in total. The molecule has 2 atom stereocenters. The Morgan fingerprint density at radius 3 is 2.00 bits per heavy atom. The number of carboxylic acids is 1. The van der Waals surface area contributed by atoms with E-state index in [1.807, 2.05) is 0 Å². The molecular weight excluding hydrogens is 204 g/mol. The lowest BCUT2D eigenvalue weighted by molar-refractivity contribution is -0.177. The molecule has 0 spiro atoms. The molecule has 4 aliphatic rings. The van der Waals surface area contributed by atoms with Crippen LogP contribution in [-0.2, 0) is 9.59 Å². The number of carbonyl (C=O) groups is 2.